The summed E-state index contributed by atoms with van der Waals surface area (Å²) in [6.07, 6.45) is 17.0. The molecule has 2 aliphatic carbocycles. The molecule has 2 heterocycles. The summed E-state index contributed by atoms with van der Waals surface area (Å²) in [5.41, 5.74) is 2.60. The Morgan fingerprint density at radius 2 is 1.81 bits per heavy atom. The quantitative estimate of drug-likeness (QED) is 0.309. The summed E-state index contributed by atoms with van der Waals surface area (Å²) in [5, 5.41) is 19.0. The molecule has 6 nitrogen and oxygen atoms in total. The van der Waals surface area contributed by atoms with E-state index < -0.39 is 12.1 Å². The minimum atomic E-state index is -0.659. The molecule has 0 amide bonds. The number of carbonyl (C=O) groups is 1. The third kappa shape index (κ3) is 5.17. The van der Waals surface area contributed by atoms with Crippen molar-refractivity contribution in [2.24, 2.45) is 5.92 Å². The molecule has 5 atom stereocenters. The molecule has 4 aliphatic rings. The minimum Gasteiger partial charge on any atom is -0.493 e. The maximum atomic E-state index is 10.6. The Labute approximate surface area is 216 Å². The van der Waals surface area contributed by atoms with Crippen molar-refractivity contribution >= 4 is 5.97 Å². The van der Waals surface area contributed by atoms with Crippen molar-refractivity contribution in [2.75, 3.05) is 20.7 Å². The van der Waals surface area contributed by atoms with Crippen LogP contribution >= 0.6 is 0 Å². The van der Waals surface area contributed by atoms with E-state index in [0.29, 0.717) is 18.4 Å². The van der Waals surface area contributed by atoms with Crippen molar-refractivity contribution in [3.05, 3.63) is 35.4 Å². The highest BCUT2D eigenvalue weighted by Gasteiger charge is 2.64. The van der Waals surface area contributed by atoms with Crippen molar-refractivity contribution in [1.82, 2.24) is 4.90 Å². The monoisotopic (exact) mass is 499 g/mol. The molecule has 0 unspecified atom stereocenters. The molecule has 0 aromatic heterocycles. The molecule has 6 heteroatoms. The van der Waals surface area contributed by atoms with Crippen LogP contribution in [-0.4, -0.2) is 60.0 Å². The maximum Gasteiger partial charge on any atom is 0.303 e. The lowest BCUT2D eigenvalue weighted by Crippen LogP contribution is -2.64. The number of rotatable bonds is 11. The van der Waals surface area contributed by atoms with Crippen LogP contribution in [0, 0.1) is 5.92 Å². The molecule has 0 radical (unpaired) electrons. The average Bonchev–Trinajstić information content (AvgIpc) is 3.22. The molecule has 1 spiro atoms. The number of piperidine rings is 1. The molecule has 2 aliphatic heterocycles. The number of aliphatic hydroxyl groups is 1. The second-order valence-corrected chi connectivity index (χ2v) is 11.1. The second kappa shape index (κ2) is 12.0. The Bertz CT molecular complexity index is 930. The number of likely N-dealkylation sites (N-methyl/N-ethyl adjacent to an activating group) is 1. The third-order valence-electron chi connectivity index (χ3n) is 8.85. The summed E-state index contributed by atoms with van der Waals surface area (Å²) in [6.45, 7) is 3.28. The molecule has 2 N–H and O–H groups in total. The van der Waals surface area contributed by atoms with E-state index in [-0.39, 0.29) is 11.5 Å². The Morgan fingerprint density at radius 1 is 1.11 bits per heavy atom. The van der Waals surface area contributed by atoms with E-state index in [4.69, 9.17) is 14.6 Å². The topological polar surface area (TPSA) is 79.2 Å². The molecule has 1 saturated heterocycles. The first kappa shape index (κ1) is 27.0. The fraction of sp³-hybridized carbons (Fsp3) is 0.700. The van der Waals surface area contributed by atoms with Crippen LogP contribution in [0.1, 0.15) is 88.7 Å². The van der Waals surface area contributed by atoms with Crippen molar-refractivity contribution in [3.63, 3.8) is 0 Å². The number of methoxy groups -OCH3 is 1. The smallest absolute Gasteiger partial charge is 0.303 e. The number of carboxylic acids is 1. The van der Waals surface area contributed by atoms with E-state index in [1.165, 1.54) is 56.1 Å². The first-order chi connectivity index (χ1) is 17.4. The van der Waals surface area contributed by atoms with Gasteiger partial charge in [0, 0.05) is 29.4 Å². The summed E-state index contributed by atoms with van der Waals surface area (Å²) < 4.78 is 11.8. The van der Waals surface area contributed by atoms with E-state index in [1.807, 2.05) is 12.1 Å². The first-order valence-electron chi connectivity index (χ1n) is 14.1. The number of unbranched alkanes of at least 4 members (excludes halogenated alkanes) is 8. The molecular formula is C30H45NO5. The second-order valence-electron chi connectivity index (χ2n) is 11.1. The Kier molecular flexibility index (Phi) is 9.00. The van der Waals surface area contributed by atoms with Gasteiger partial charge in [-0.15, -0.1) is 0 Å². The number of benzene rings is 1. The number of hydrogen-bond donors (Lipinski definition) is 2. The van der Waals surface area contributed by atoms with E-state index in [1.54, 1.807) is 7.11 Å². The molecule has 200 valence electrons. The molecule has 36 heavy (non-hydrogen) atoms. The van der Waals surface area contributed by atoms with Gasteiger partial charge < -0.3 is 24.6 Å². The normalized spacial score (nSPS) is 29.1. The van der Waals surface area contributed by atoms with Crippen LogP contribution in [0.2, 0.25) is 0 Å². The van der Waals surface area contributed by atoms with Crippen LogP contribution < -0.4 is 9.47 Å². The number of nitrogens with zero attached hydrogens (tertiary/aromatic N) is 1. The predicted octanol–water partition coefficient (Wildman–Crippen LogP) is 5.49. The van der Waals surface area contributed by atoms with Crippen molar-refractivity contribution in [2.45, 2.75) is 108 Å². The van der Waals surface area contributed by atoms with Crippen molar-refractivity contribution < 1.29 is 24.5 Å². The van der Waals surface area contributed by atoms with Gasteiger partial charge in [0.2, 0.25) is 0 Å². The minimum absolute atomic E-state index is 0.0806. The zero-order valence-corrected chi connectivity index (χ0v) is 22.4. The van der Waals surface area contributed by atoms with Gasteiger partial charge in [0.1, 0.15) is 12.2 Å². The van der Waals surface area contributed by atoms with Gasteiger partial charge in [-0.3, -0.25) is 4.79 Å². The fourth-order valence-electron chi connectivity index (χ4n) is 6.98. The van der Waals surface area contributed by atoms with Crippen LogP contribution in [0.4, 0.5) is 0 Å². The molecule has 1 aromatic rings. The molecule has 5 rings (SSSR count). The Balaban J connectivity index is 0.000000191. The predicted molar refractivity (Wildman–Crippen MR) is 142 cm³/mol. The average molecular weight is 500 g/mol. The van der Waals surface area contributed by atoms with Crippen LogP contribution in [0.15, 0.2) is 24.3 Å². The molecule has 1 aromatic carbocycles. The van der Waals surface area contributed by atoms with Crippen molar-refractivity contribution in [3.8, 4) is 11.5 Å². The van der Waals surface area contributed by atoms with Gasteiger partial charge in [-0.1, -0.05) is 76.5 Å². The van der Waals surface area contributed by atoms with Crippen LogP contribution in [-0.2, 0) is 16.6 Å². The van der Waals surface area contributed by atoms with E-state index in [2.05, 4.69) is 31.0 Å². The number of ether oxygens (including phenoxy) is 2. The standard InChI is InChI=1S/C18H21NO3.C12H24O2/c1-19-8-7-18-11-4-5-13(20)17(18)22-16-14(21-2)6-3-10(15(16)18)9-12(11)19;1-2-3-4-5-6-7-8-9-10-11-12(13)14/h3-6,11-13,17,20H,7-9H2,1-2H3;2-11H2,1H3,(H,13,14)/t11-,12+,13-,17-,18-;/m0./s1. The lowest BCUT2D eigenvalue weighted by molar-refractivity contribution is -0.137. The summed E-state index contributed by atoms with van der Waals surface area (Å²) in [5.74, 6) is 1.43. The van der Waals surface area contributed by atoms with Gasteiger partial charge in [0.25, 0.3) is 0 Å². The summed E-state index contributed by atoms with van der Waals surface area (Å²) in [7, 11) is 3.91. The lowest BCUT2D eigenvalue weighted by atomic mass is 9.53. The highest BCUT2D eigenvalue weighted by atomic mass is 16.5. The number of aliphatic hydroxyl groups excluding tert-OH is 1. The van der Waals surface area contributed by atoms with Crippen LogP contribution in [0.5, 0.6) is 11.5 Å². The maximum absolute atomic E-state index is 10.6. The van der Waals surface area contributed by atoms with E-state index >= 15 is 0 Å². The van der Waals surface area contributed by atoms with Gasteiger partial charge in [0.15, 0.2) is 11.5 Å². The molecular weight excluding hydrogens is 454 g/mol. The Hall–Kier alpha value is -2.05. The van der Waals surface area contributed by atoms with Crippen LogP contribution in [0.3, 0.4) is 0 Å². The SMILES string of the molecule is CCCCCCCCCCCC(=O)O.COc1ccc2c3c1O[C@H]1[C@@H](O)C=C[C@H]4[C@@H](C2)N(C)CC[C@@]341. The fourth-order valence-corrected chi connectivity index (χ4v) is 6.98. The zero-order valence-electron chi connectivity index (χ0n) is 22.4. The van der Waals surface area contributed by atoms with E-state index in [0.717, 1.165) is 43.7 Å². The zero-order chi connectivity index (χ0) is 25.7. The number of likely N-dealkylation sites (tertiary alicyclic amines) is 1. The lowest BCUT2D eigenvalue weighted by Gasteiger charge is -2.56. The van der Waals surface area contributed by atoms with Gasteiger partial charge in [-0.05, 0) is 44.5 Å². The Morgan fingerprint density at radius 3 is 2.47 bits per heavy atom. The number of hydrogen-bond acceptors (Lipinski definition) is 5. The van der Waals surface area contributed by atoms with Gasteiger partial charge in [-0.25, -0.2) is 0 Å². The van der Waals surface area contributed by atoms with Gasteiger partial charge in [-0.2, -0.15) is 0 Å². The third-order valence-corrected chi connectivity index (χ3v) is 8.85. The van der Waals surface area contributed by atoms with Crippen LogP contribution in [0.25, 0.3) is 0 Å². The van der Waals surface area contributed by atoms with Crippen molar-refractivity contribution in [1.29, 1.82) is 0 Å². The van der Waals surface area contributed by atoms with Gasteiger partial charge in [0.05, 0.1) is 7.11 Å². The highest BCUT2D eigenvalue weighted by molar-refractivity contribution is 5.66. The molecule has 2 bridgehead atoms. The highest BCUT2D eigenvalue weighted by Crippen LogP contribution is 2.62. The largest absolute Gasteiger partial charge is 0.493 e. The van der Waals surface area contributed by atoms with E-state index in [9.17, 15) is 9.90 Å². The molecule has 0 saturated carbocycles. The molecule has 1 fully saturated rings. The summed E-state index contributed by atoms with van der Waals surface area (Å²) in [4.78, 5) is 12.7. The number of aliphatic carboxylic acids is 1. The summed E-state index contributed by atoms with van der Waals surface area (Å²) >= 11 is 0. The summed E-state index contributed by atoms with van der Waals surface area (Å²) in [6, 6.07) is 4.70. The first-order valence-corrected chi connectivity index (χ1v) is 14.1. The number of carboxylic acid groups (broad SMARTS) is 1. The van der Waals surface area contributed by atoms with Gasteiger partial charge >= 0.3 is 5.97 Å².